The minimum absolute atomic E-state index is 0.0685. The summed E-state index contributed by atoms with van der Waals surface area (Å²) in [5.74, 6) is -1.32. The lowest BCUT2D eigenvalue weighted by Gasteiger charge is -2.31. The second-order valence-corrected chi connectivity index (χ2v) is 6.06. The van der Waals surface area contributed by atoms with Crippen LogP contribution < -0.4 is 4.90 Å². The van der Waals surface area contributed by atoms with Gasteiger partial charge in [-0.1, -0.05) is 6.92 Å². The molecule has 1 fully saturated rings. The van der Waals surface area contributed by atoms with Crippen LogP contribution in [0.25, 0.3) is 0 Å². The Morgan fingerprint density at radius 1 is 1.26 bits per heavy atom. The summed E-state index contributed by atoms with van der Waals surface area (Å²) in [6.07, 6.45) is 2.49. The van der Waals surface area contributed by atoms with Crippen molar-refractivity contribution in [2.24, 2.45) is 5.92 Å². The first kappa shape index (κ1) is 17.3. The Hall–Kier alpha value is -2.04. The van der Waals surface area contributed by atoms with E-state index in [9.17, 15) is 9.59 Å². The first-order valence-corrected chi connectivity index (χ1v) is 8.43. The summed E-state index contributed by atoms with van der Waals surface area (Å²) in [5, 5.41) is 9.14. The van der Waals surface area contributed by atoms with E-state index in [2.05, 4.69) is 18.7 Å². The van der Waals surface area contributed by atoms with Crippen molar-refractivity contribution in [3.8, 4) is 0 Å². The lowest BCUT2D eigenvalue weighted by Crippen LogP contribution is -2.42. The highest BCUT2D eigenvalue weighted by Gasteiger charge is 2.28. The molecule has 1 unspecified atom stereocenters. The molecule has 0 aliphatic carbocycles. The quantitative estimate of drug-likeness (QED) is 0.876. The molecule has 1 aromatic rings. The number of benzene rings is 1. The zero-order valence-electron chi connectivity index (χ0n) is 14.0. The van der Waals surface area contributed by atoms with Crippen LogP contribution in [0.4, 0.5) is 5.69 Å². The van der Waals surface area contributed by atoms with Gasteiger partial charge in [-0.05, 0) is 50.5 Å². The van der Waals surface area contributed by atoms with Crippen LogP contribution in [-0.2, 0) is 4.79 Å². The smallest absolute Gasteiger partial charge is 0.308 e. The highest BCUT2D eigenvalue weighted by atomic mass is 16.4. The normalized spacial score (nSPS) is 17.8. The number of carboxylic acid groups (broad SMARTS) is 1. The molecule has 2 rings (SSSR count). The molecule has 0 bridgehead atoms. The largest absolute Gasteiger partial charge is 0.481 e. The van der Waals surface area contributed by atoms with Crippen LogP contribution >= 0.6 is 0 Å². The zero-order valence-corrected chi connectivity index (χ0v) is 14.0. The van der Waals surface area contributed by atoms with E-state index < -0.39 is 11.9 Å². The molecule has 1 aliphatic rings. The second-order valence-electron chi connectivity index (χ2n) is 6.06. The van der Waals surface area contributed by atoms with Gasteiger partial charge in [-0.25, -0.2) is 0 Å². The average Bonchev–Trinajstić information content (AvgIpc) is 2.59. The molecule has 1 atom stereocenters. The molecule has 1 aliphatic heterocycles. The summed E-state index contributed by atoms with van der Waals surface area (Å²) in [6, 6.07) is 7.65. The Morgan fingerprint density at radius 3 is 2.52 bits per heavy atom. The van der Waals surface area contributed by atoms with Crippen LogP contribution in [0.1, 0.15) is 43.5 Å². The van der Waals surface area contributed by atoms with Gasteiger partial charge in [0.15, 0.2) is 0 Å². The fourth-order valence-corrected chi connectivity index (χ4v) is 3.10. The van der Waals surface area contributed by atoms with Gasteiger partial charge >= 0.3 is 5.97 Å². The first-order chi connectivity index (χ1) is 11.1. The number of likely N-dealkylation sites (tertiary alicyclic amines) is 1. The summed E-state index contributed by atoms with van der Waals surface area (Å²) < 4.78 is 0. The van der Waals surface area contributed by atoms with Crippen molar-refractivity contribution in [2.45, 2.75) is 33.1 Å². The molecule has 0 spiro atoms. The molecule has 1 saturated heterocycles. The highest BCUT2D eigenvalue weighted by molar-refractivity contribution is 5.95. The fraction of sp³-hybridized carbons (Fsp3) is 0.556. The number of carbonyl (C=O) groups excluding carboxylic acids is 1. The van der Waals surface area contributed by atoms with Gasteiger partial charge in [-0.3, -0.25) is 9.59 Å². The van der Waals surface area contributed by atoms with E-state index in [-0.39, 0.29) is 5.91 Å². The maximum Gasteiger partial charge on any atom is 0.308 e. The molecule has 1 amide bonds. The number of piperidine rings is 1. The molecule has 5 heteroatoms. The van der Waals surface area contributed by atoms with Gasteiger partial charge in [-0.15, -0.1) is 0 Å². The summed E-state index contributed by atoms with van der Waals surface area (Å²) in [5.41, 5.74) is 1.75. The zero-order chi connectivity index (χ0) is 16.8. The van der Waals surface area contributed by atoms with E-state index in [1.165, 1.54) is 0 Å². The summed E-state index contributed by atoms with van der Waals surface area (Å²) in [4.78, 5) is 27.6. The lowest BCUT2D eigenvalue weighted by molar-refractivity contribution is -0.143. The van der Waals surface area contributed by atoms with E-state index in [4.69, 9.17) is 5.11 Å². The third-order valence-corrected chi connectivity index (χ3v) is 4.41. The van der Waals surface area contributed by atoms with E-state index >= 15 is 0 Å². The van der Waals surface area contributed by atoms with Crippen LogP contribution in [0.2, 0.25) is 0 Å². The maximum absolute atomic E-state index is 12.6. The Kier molecular flexibility index (Phi) is 6.02. The van der Waals surface area contributed by atoms with E-state index in [1.54, 1.807) is 4.90 Å². The van der Waals surface area contributed by atoms with Gasteiger partial charge in [0.25, 0.3) is 5.91 Å². The van der Waals surface area contributed by atoms with Crippen molar-refractivity contribution in [3.05, 3.63) is 29.8 Å². The van der Waals surface area contributed by atoms with E-state index in [0.717, 1.165) is 31.6 Å². The molecule has 5 nitrogen and oxygen atoms in total. The Bertz CT molecular complexity index is 542. The number of carboxylic acids is 1. The topological polar surface area (TPSA) is 60.9 Å². The molecule has 126 valence electrons. The van der Waals surface area contributed by atoms with E-state index in [1.807, 2.05) is 24.3 Å². The number of nitrogens with zero attached hydrogens (tertiary/aromatic N) is 2. The Labute approximate surface area is 137 Å². The van der Waals surface area contributed by atoms with Gasteiger partial charge < -0.3 is 14.9 Å². The average molecular weight is 318 g/mol. The Morgan fingerprint density at radius 2 is 1.96 bits per heavy atom. The maximum atomic E-state index is 12.6. The van der Waals surface area contributed by atoms with Gasteiger partial charge in [0.2, 0.25) is 0 Å². The van der Waals surface area contributed by atoms with Gasteiger partial charge in [0.1, 0.15) is 0 Å². The SMILES string of the molecule is CCCN(CC)c1ccc(C(=O)N2CCCC(C(=O)O)C2)cc1. The third-order valence-electron chi connectivity index (χ3n) is 4.41. The summed E-state index contributed by atoms with van der Waals surface area (Å²) >= 11 is 0. The predicted molar refractivity (Wildman–Crippen MR) is 90.9 cm³/mol. The van der Waals surface area contributed by atoms with Crippen LogP contribution in [0.3, 0.4) is 0 Å². The number of carbonyl (C=O) groups is 2. The standard InChI is InChI=1S/C18H26N2O3/c1-3-11-19(4-2)16-9-7-14(8-10-16)17(21)20-12-5-6-15(13-20)18(22)23/h7-10,15H,3-6,11-13H2,1-2H3,(H,22,23). The third kappa shape index (κ3) is 4.24. The monoisotopic (exact) mass is 318 g/mol. The number of hydrogen-bond acceptors (Lipinski definition) is 3. The summed E-state index contributed by atoms with van der Waals surface area (Å²) in [6.45, 7) is 7.15. The van der Waals surface area contributed by atoms with Crippen molar-refractivity contribution in [2.75, 3.05) is 31.1 Å². The molecular weight excluding hydrogens is 292 g/mol. The molecule has 23 heavy (non-hydrogen) atoms. The van der Waals surface area contributed by atoms with Crippen LogP contribution in [-0.4, -0.2) is 48.1 Å². The fourth-order valence-electron chi connectivity index (χ4n) is 3.10. The minimum Gasteiger partial charge on any atom is -0.481 e. The van der Waals surface area contributed by atoms with Crippen LogP contribution in [0, 0.1) is 5.92 Å². The Balaban J connectivity index is 2.06. The number of rotatable bonds is 6. The van der Waals surface area contributed by atoms with Crippen molar-refractivity contribution < 1.29 is 14.7 Å². The van der Waals surface area contributed by atoms with E-state index in [0.29, 0.717) is 25.1 Å². The van der Waals surface area contributed by atoms with Gasteiger partial charge in [0.05, 0.1) is 5.92 Å². The second kappa shape index (κ2) is 7.99. The van der Waals surface area contributed by atoms with Crippen LogP contribution in [0.5, 0.6) is 0 Å². The number of aliphatic carboxylic acids is 1. The lowest BCUT2D eigenvalue weighted by atomic mass is 9.97. The van der Waals surface area contributed by atoms with Gasteiger partial charge in [-0.2, -0.15) is 0 Å². The van der Waals surface area contributed by atoms with Gasteiger partial charge in [0, 0.05) is 37.4 Å². The molecule has 1 aromatic carbocycles. The molecule has 0 saturated carbocycles. The van der Waals surface area contributed by atoms with Crippen molar-refractivity contribution in [1.29, 1.82) is 0 Å². The molecule has 0 radical (unpaired) electrons. The molecule has 1 N–H and O–H groups in total. The van der Waals surface area contributed by atoms with Crippen molar-refractivity contribution in [3.63, 3.8) is 0 Å². The van der Waals surface area contributed by atoms with Crippen molar-refractivity contribution >= 4 is 17.6 Å². The summed E-state index contributed by atoms with van der Waals surface area (Å²) in [7, 11) is 0. The first-order valence-electron chi connectivity index (χ1n) is 8.43. The number of hydrogen-bond donors (Lipinski definition) is 1. The molecular formula is C18H26N2O3. The molecule has 0 aromatic heterocycles. The number of anilines is 1. The minimum atomic E-state index is -0.809. The highest BCUT2D eigenvalue weighted by Crippen LogP contribution is 2.21. The molecule has 1 heterocycles. The number of amides is 1. The van der Waals surface area contributed by atoms with Crippen molar-refractivity contribution in [1.82, 2.24) is 4.90 Å². The van der Waals surface area contributed by atoms with Crippen LogP contribution in [0.15, 0.2) is 24.3 Å². The predicted octanol–water partition coefficient (Wildman–Crippen LogP) is 2.86.